The van der Waals surface area contributed by atoms with Gasteiger partial charge in [-0.05, 0) is 84.5 Å². The Labute approximate surface area is 306 Å². The van der Waals surface area contributed by atoms with Crippen LogP contribution in [0.15, 0.2) is 131 Å². The molecule has 0 bridgehead atoms. The maximum atomic E-state index is 15.2. The van der Waals surface area contributed by atoms with E-state index in [1.54, 1.807) is 24.3 Å². The van der Waals surface area contributed by atoms with E-state index in [0.717, 1.165) is 79.3 Å². The number of fused-ring (bicyclic) bond motifs is 1. The number of sulfone groups is 1. The van der Waals surface area contributed by atoms with Crippen LogP contribution in [0.1, 0.15) is 77.6 Å². The number of unbranched alkanes of at least 4 members (excludes halogenated alkanes) is 1. The van der Waals surface area contributed by atoms with Crippen molar-refractivity contribution >= 4 is 29.3 Å². The molecule has 7 rings (SSSR count). The maximum Gasteiger partial charge on any atom is 0.298 e. The van der Waals surface area contributed by atoms with E-state index < -0.39 is 29.5 Å². The number of benzene rings is 3. The molecule has 5 nitrogen and oxygen atoms in total. The van der Waals surface area contributed by atoms with Crippen molar-refractivity contribution in [2.75, 3.05) is 6.61 Å². The van der Waals surface area contributed by atoms with Gasteiger partial charge in [0, 0.05) is 6.61 Å². The summed E-state index contributed by atoms with van der Waals surface area (Å²) in [6.07, 6.45) is 16.4. The summed E-state index contributed by atoms with van der Waals surface area (Å²) in [4.78, 5) is 0.293. The second kappa shape index (κ2) is 16.3. The number of ether oxygens (including phenoxy) is 2. The minimum absolute atomic E-state index is 0.276. The van der Waals surface area contributed by atoms with Crippen LogP contribution in [-0.4, -0.2) is 41.2 Å². The van der Waals surface area contributed by atoms with Gasteiger partial charge in [-0.15, -0.1) is 0 Å². The highest BCUT2D eigenvalue weighted by atomic mass is 32.2. The van der Waals surface area contributed by atoms with E-state index in [1.165, 1.54) is 6.42 Å². The molecule has 7 heteroatoms. The molecule has 0 spiro atoms. The number of hydrogen-bond acceptors (Lipinski definition) is 5. The number of rotatable bonds is 12. The third kappa shape index (κ3) is 7.34. The first-order valence-electron chi connectivity index (χ1n) is 19.0. The molecule has 0 aromatic heterocycles. The van der Waals surface area contributed by atoms with Crippen molar-refractivity contribution in [1.82, 2.24) is 0 Å². The van der Waals surface area contributed by atoms with Gasteiger partial charge in [-0.2, -0.15) is 0 Å². The normalized spacial score (nSPS) is 24.2. The van der Waals surface area contributed by atoms with Gasteiger partial charge in [0.1, 0.15) is 22.5 Å². The summed E-state index contributed by atoms with van der Waals surface area (Å²) in [5.74, 6) is 7.53. The van der Waals surface area contributed by atoms with Crippen LogP contribution in [0.2, 0.25) is 0 Å². The van der Waals surface area contributed by atoms with Crippen LogP contribution in [0.3, 0.4) is 0 Å². The number of hydrogen-bond donors (Lipinski definition) is 0. The van der Waals surface area contributed by atoms with E-state index in [1.807, 2.05) is 36.4 Å². The molecule has 3 aliphatic carbocycles. The van der Waals surface area contributed by atoms with Gasteiger partial charge >= 0.3 is 0 Å². The van der Waals surface area contributed by atoms with E-state index in [0.29, 0.717) is 23.7 Å². The van der Waals surface area contributed by atoms with Crippen LogP contribution < -0.4 is 10.4 Å². The van der Waals surface area contributed by atoms with Crippen LogP contribution in [0.4, 0.5) is 0 Å². The minimum atomic E-state index is -3.97. The third-order valence-corrected chi connectivity index (χ3v) is 15.8. The Morgan fingerprint density at radius 1 is 0.863 bits per heavy atom. The van der Waals surface area contributed by atoms with Crippen molar-refractivity contribution in [3.05, 3.63) is 126 Å². The lowest BCUT2D eigenvalue weighted by Crippen LogP contribution is -2.47. The molecule has 3 aromatic rings. The average molecular weight is 719 g/mol. The van der Waals surface area contributed by atoms with Crippen LogP contribution in [0.25, 0.3) is 0 Å². The van der Waals surface area contributed by atoms with Gasteiger partial charge in [0.25, 0.3) is 9.04 Å². The van der Waals surface area contributed by atoms with E-state index in [-0.39, 0.29) is 18.3 Å². The fourth-order valence-corrected chi connectivity index (χ4v) is 12.7. The molecule has 1 saturated carbocycles. The Balaban J connectivity index is 1.40. The summed E-state index contributed by atoms with van der Waals surface area (Å²) in [6, 6.07) is 29.7. The quantitative estimate of drug-likeness (QED) is 0.141. The lowest BCUT2D eigenvalue weighted by Gasteiger charge is -2.33. The van der Waals surface area contributed by atoms with E-state index in [9.17, 15) is 0 Å². The minimum Gasteiger partial charge on any atom is -0.539 e. The smallest absolute Gasteiger partial charge is 0.298 e. The molecule has 4 unspecified atom stereocenters. The Kier molecular flexibility index (Phi) is 11.4. The lowest BCUT2D eigenvalue weighted by atomic mass is 9.84. The van der Waals surface area contributed by atoms with Crippen molar-refractivity contribution in [3.8, 4) is 11.8 Å². The molecule has 0 amide bonds. The molecule has 1 saturated heterocycles. The van der Waals surface area contributed by atoms with Crippen LogP contribution in [0, 0.1) is 23.7 Å². The monoisotopic (exact) mass is 718 g/mol. The molecule has 4 aliphatic rings. The highest BCUT2D eigenvalue weighted by molar-refractivity contribution is 7.93. The zero-order chi connectivity index (χ0) is 35.1. The first kappa shape index (κ1) is 35.7. The zero-order valence-electron chi connectivity index (χ0n) is 29.7. The van der Waals surface area contributed by atoms with E-state index >= 15 is 8.42 Å². The molecule has 2 fully saturated rings. The van der Waals surface area contributed by atoms with E-state index in [2.05, 4.69) is 67.3 Å². The fourth-order valence-electron chi connectivity index (χ4n) is 8.26. The molecule has 3 aromatic carbocycles. The fraction of sp³-hybridized carbons (Fsp3) is 0.409. The van der Waals surface area contributed by atoms with Gasteiger partial charge < -0.3 is 13.9 Å². The Morgan fingerprint density at radius 2 is 1.51 bits per heavy atom. The largest absolute Gasteiger partial charge is 0.539 e. The maximum absolute atomic E-state index is 15.2. The second-order valence-corrected chi connectivity index (χ2v) is 18.8. The molecular formula is C44H50O5SSi. The molecule has 51 heavy (non-hydrogen) atoms. The van der Waals surface area contributed by atoms with Crippen LogP contribution >= 0.6 is 0 Å². The standard InChI is InChI=1S/C44H50O5SSi/c1-2-3-27-38-39-28-18-32-44(39,50(45,46)35-21-10-5-11-22-35)40(30-31-41(34-19-8-4-9-20-34)48-42-29-16-17-33-47-42)43(38)49-51(36-23-12-6-13-24-36)37-25-14-7-15-26-37/h5-7,10-15,18,21-26,28,32,34,40-42,51H,2-4,8-9,16-17,19-20,27,29,33H2,1H3. The molecule has 0 radical (unpaired) electrons. The Hall–Kier alpha value is -3.67. The Bertz CT molecular complexity index is 1840. The third-order valence-electron chi connectivity index (χ3n) is 11.0. The van der Waals surface area contributed by atoms with Gasteiger partial charge in [-0.25, -0.2) is 8.42 Å². The predicted octanol–water partition coefficient (Wildman–Crippen LogP) is 7.82. The van der Waals surface area contributed by atoms with Crippen LogP contribution in [0.5, 0.6) is 0 Å². The van der Waals surface area contributed by atoms with Gasteiger partial charge in [0.05, 0.1) is 4.90 Å². The molecule has 1 aliphatic heterocycles. The molecular weight excluding hydrogens is 669 g/mol. The summed E-state index contributed by atoms with van der Waals surface area (Å²) in [6.45, 7) is 2.87. The van der Waals surface area contributed by atoms with Gasteiger partial charge in [0.15, 0.2) is 16.1 Å². The summed E-state index contributed by atoms with van der Waals surface area (Å²) < 4.78 is 49.3. The van der Waals surface area contributed by atoms with Gasteiger partial charge in [0.2, 0.25) is 0 Å². The average Bonchev–Trinajstić information content (AvgIpc) is 3.74. The number of allylic oxidation sites excluding steroid dienone is 4. The zero-order valence-corrected chi connectivity index (χ0v) is 31.7. The molecule has 1 heterocycles. The second-order valence-electron chi connectivity index (χ2n) is 14.3. The highest BCUT2D eigenvalue weighted by Crippen LogP contribution is 2.56. The summed E-state index contributed by atoms with van der Waals surface area (Å²) in [5, 5.41) is 2.27. The predicted molar refractivity (Wildman–Crippen MR) is 207 cm³/mol. The highest BCUT2D eigenvalue weighted by Gasteiger charge is 2.60. The summed E-state index contributed by atoms with van der Waals surface area (Å²) in [5.41, 5.74) is 1.78. The summed E-state index contributed by atoms with van der Waals surface area (Å²) in [7, 11) is -6.32. The van der Waals surface area contributed by atoms with Crippen LogP contribution in [-0.2, 0) is 23.7 Å². The molecule has 4 atom stereocenters. The molecule has 0 N–H and O–H groups in total. The van der Waals surface area contributed by atoms with Crippen molar-refractivity contribution < 1.29 is 22.3 Å². The van der Waals surface area contributed by atoms with Crippen molar-refractivity contribution in [2.24, 2.45) is 11.8 Å². The first-order valence-corrected chi connectivity index (χ1v) is 22.1. The first-order chi connectivity index (χ1) is 25.0. The van der Waals surface area contributed by atoms with Gasteiger partial charge in [-0.3, -0.25) is 0 Å². The van der Waals surface area contributed by atoms with Gasteiger partial charge in [-0.1, -0.05) is 142 Å². The van der Waals surface area contributed by atoms with Crippen molar-refractivity contribution in [1.29, 1.82) is 0 Å². The SMILES string of the molecule is CCCCC1=C(O[SiH](c2ccccc2)c2ccccc2)C(C#CC(OC2CCCCO2)C2CCCCC2)C2(S(=O)(=O)c3ccccc3)C=CC=C12. The Morgan fingerprint density at radius 3 is 2.14 bits per heavy atom. The van der Waals surface area contributed by atoms with E-state index in [4.69, 9.17) is 13.9 Å². The van der Waals surface area contributed by atoms with Crippen molar-refractivity contribution in [2.45, 2.75) is 99.6 Å². The summed E-state index contributed by atoms with van der Waals surface area (Å²) >= 11 is 0. The van der Waals surface area contributed by atoms with Crippen molar-refractivity contribution in [3.63, 3.8) is 0 Å². The molecule has 266 valence electrons. The topological polar surface area (TPSA) is 61.8 Å². The lowest BCUT2D eigenvalue weighted by molar-refractivity contribution is -0.187.